The minimum atomic E-state index is -0.186. The number of nitrogens with zero attached hydrogens (tertiary/aromatic N) is 1. The summed E-state index contributed by atoms with van der Waals surface area (Å²) in [6, 6.07) is 0. The molecule has 3 nitrogen and oxygen atoms in total. The van der Waals surface area contributed by atoms with Crippen molar-refractivity contribution in [2.24, 2.45) is 0 Å². The molecule has 0 radical (unpaired) electrons. The van der Waals surface area contributed by atoms with Crippen molar-refractivity contribution < 1.29 is 4.74 Å². The molecule has 0 aliphatic rings. The van der Waals surface area contributed by atoms with Crippen molar-refractivity contribution in [1.29, 1.82) is 0 Å². The van der Waals surface area contributed by atoms with Crippen molar-refractivity contribution in [3.63, 3.8) is 0 Å². The maximum absolute atomic E-state index is 5.80. The Bertz CT molecular complexity index is 294. The second kappa shape index (κ2) is 3.64. The standard InChI is InChI=1S/C9H16N2OS/c1-6-11-7(8(10)13-6)5-9(2,3)12-4/h5,10H2,1-4H3. The van der Waals surface area contributed by atoms with Gasteiger partial charge in [-0.1, -0.05) is 0 Å². The summed E-state index contributed by atoms with van der Waals surface area (Å²) >= 11 is 1.53. The summed E-state index contributed by atoms with van der Waals surface area (Å²) in [6.45, 7) is 6.02. The quantitative estimate of drug-likeness (QED) is 0.811. The van der Waals surface area contributed by atoms with Gasteiger partial charge in [0.2, 0.25) is 0 Å². The Labute approximate surface area is 82.9 Å². The molecule has 1 aromatic rings. The number of anilines is 1. The van der Waals surface area contributed by atoms with Crippen LogP contribution in [0.2, 0.25) is 0 Å². The highest BCUT2D eigenvalue weighted by Gasteiger charge is 2.20. The van der Waals surface area contributed by atoms with E-state index in [1.54, 1.807) is 7.11 Å². The summed E-state index contributed by atoms with van der Waals surface area (Å²) in [5, 5.41) is 1.82. The molecular weight excluding hydrogens is 184 g/mol. The summed E-state index contributed by atoms with van der Waals surface area (Å²) in [7, 11) is 1.70. The van der Waals surface area contributed by atoms with E-state index >= 15 is 0 Å². The number of nitrogens with two attached hydrogens (primary N) is 1. The van der Waals surface area contributed by atoms with Gasteiger partial charge in [0.15, 0.2) is 0 Å². The highest BCUT2D eigenvalue weighted by atomic mass is 32.1. The molecule has 74 valence electrons. The van der Waals surface area contributed by atoms with Gasteiger partial charge in [-0.2, -0.15) is 0 Å². The number of thiazole rings is 1. The van der Waals surface area contributed by atoms with Crippen LogP contribution in [-0.4, -0.2) is 17.7 Å². The number of aromatic nitrogens is 1. The molecule has 4 heteroatoms. The van der Waals surface area contributed by atoms with E-state index in [1.165, 1.54) is 11.3 Å². The van der Waals surface area contributed by atoms with Crippen molar-refractivity contribution in [3.8, 4) is 0 Å². The van der Waals surface area contributed by atoms with Gasteiger partial charge in [0, 0.05) is 13.5 Å². The summed E-state index contributed by atoms with van der Waals surface area (Å²) < 4.78 is 5.31. The van der Waals surface area contributed by atoms with Crippen molar-refractivity contribution in [1.82, 2.24) is 4.98 Å². The molecule has 0 bridgehead atoms. The lowest BCUT2D eigenvalue weighted by atomic mass is 10.0. The molecule has 1 aromatic heterocycles. The van der Waals surface area contributed by atoms with Gasteiger partial charge in [0.25, 0.3) is 0 Å². The van der Waals surface area contributed by atoms with Crippen LogP contribution in [0.1, 0.15) is 24.5 Å². The second-order valence-corrected chi connectivity index (χ2v) is 4.92. The van der Waals surface area contributed by atoms with Crippen LogP contribution in [0.25, 0.3) is 0 Å². The number of rotatable bonds is 3. The first-order valence-electron chi connectivity index (χ1n) is 4.21. The molecule has 0 saturated heterocycles. The highest BCUT2D eigenvalue weighted by molar-refractivity contribution is 7.15. The Morgan fingerprint density at radius 2 is 2.15 bits per heavy atom. The molecule has 0 aliphatic carbocycles. The number of hydrogen-bond acceptors (Lipinski definition) is 4. The number of methoxy groups -OCH3 is 1. The van der Waals surface area contributed by atoms with Gasteiger partial charge >= 0.3 is 0 Å². The molecule has 0 fully saturated rings. The zero-order valence-electron chi connectivity index (χ0n) is 8.55. The lowest BCUT2D eigenvalue weighted by Gasteiger charge is -2.21. The zero-order valence-corrected chi connectivity index (χ0v) is 9.36. The van der Waals surface area contributed by atoms with Gasteiger partial charge in [-0.15, -0.1) is 11.3 Å². The van der Waals surface area contributed by atoms with E-state index in [0.717, 1.165) is 22.1 Å². The fourth-order valence-corrected chi connectivity index (χ4v) is 1.80. The van der Waals surface area contributed by atoms with Gasteiger partial charge in [-0.05, 0) is 20.8 Å². The van der Waals surface area contributed by atoms with Crippen molar-refractivity contribution >= 4 is 16.3 Å². The van der Waals surface area contributed by atoms with Crippen LogP contribution in [0.15, 0.2) is 0 Å². The first-order chi connectivity index (χ1) is 5.94. The number of aryl methyl sites for hydroxylation is 1. The molecule has 0 amide bonds. The highest BCUT2D eigenvalue weighted by Crippen LogP contribution is 2.25. The van der Waals surface area contributed by atoms with Crippen LogP contribution >= 0.6 is 11.3 Å². The molecular formula is C9H16N2OS. The molecule has 13 heavy (non-hydrogen) atoms. The van der Waals surface area contributed by atoms with E-state index in [-0.39, 0.29) is 5.60 Å². The third-order valence-corrected chi connectivity index (χ3v) is 2.82. The van der Waals surface area contributed by atoms with E-state index in [9.17, 15) is 0 Å². The normalized spacial score (nSPS) is 12.0. The Morgan fingerprint density at radius 3 is 2.54 bits per heavy atom. The molecule has 0 spiro atoms. The SMILES string of the molecule is COC(C)(C)Cc1nc(C)sc1N. The van der Waals surface area contributed by atoms with E-state index < -0.39 is 0 Å². The lowest BCUT2D eigenvalue weighted by Crippen LogP contribution is -2.26. The lowest BCUT2D eigenvalue weighted by molar-refractivity contribution is 0.0226. The number of hydrogen-bond donors (Lipinski definition) is 1. The average molecular weight is 200 g/mol. The van der Waals surface area contributed by atoms with E-state index in [2.05, 4.69) is 4.98 Å². The number of ether oxygens (including phenoxy) is 1. The average Bonchev–Trinajstić information content (AvgIpc) is 2.30. The van der Waals surface area contributed by atoms with Crippen LogP contribution in [0.5, 0.6) is 0 Å². The summed E-state index contributed by atoms with van der Waals surface area (Å²) in [5.74, 6) is 0. The van der Waals surface area contributed by atoms with Crippen molar-refractivity contribution in [3.05, 3.63) is 10.7 Å². The molecule has 0 atom stereocenters. The van der Waals surface area contributed by atoms with Crippen molar-refractivity contribution in [2.75, 3.05) is 12.8 Å². The smallest absolute Gasteiger partial charge is 0.109 e. The largest absolute Gasteiger partial charge is 0.389 e. The van der Waals surface area contributed by atoms with Gasteiger partial charge in [0.1, 0.15) is 5.00 Å². The Hall–Kier alpha value is -0.610. The van der Waals surface area contributed by atoms with Gasteiger partial charge in [-0.3, -0.25) is 0 Å². The van der Waals surface area contributed by atoms with Gasteiger partial charge < -0.3 is 10.5 Å². The van der Waals surface area contributed by atoms with Crippen LogP contribution < -0.4 is 5.73 Å². The molecule has 0 unspecified atom stereocenters. The van der Waals surface area contributed by atoms with Gasteiger partial charge in [0.05, 0.1) is 16.3 Å². The fourth-order valence-electron chi connectivity index (χ4n) is 1.09. The maximum Gasteiger partial charge on any atom is 0.109 e. The topological polar surface area (TPSA) is 48.1 Å². The summed E-state index contributed by atoms with van der Waals surface area (Å²) in [6.07, 6.45) is 0.764. The zero-order chi connectivity index (χ0) is 10.1. The van der Waals surface area contributed by atoms with Gasteiger partial charge in [-0.25, -0.2) is 4.98 Å². The Kier molecular flexibility index (Phi) is 2.93. The molecule has 0 saturated carbocycles. The first-order valence-corrected chi connectivity index (χ1v) is 5.03. The molecule has 1 heterocycles. The van der Waals surface area contributed by atoms with Crippen LogP contribution in [0, 0.1) is 6.92 Å². The van der Waals surface area contributed by atoms with Crippen LogP contribution in [0.4, 0.5) is 5.00 Å². The maximum atomic E-state index is 5.80. The first kappa shape index (κ1) is 10.5. The number of nitrogen functional groups attached to an aromatic ring is 1. The van der Waals surface area contributed by atoms with Crippen molar-refractivity contribution in [2.45, 2.75) is 32.8 Å². The van der Waals surface area contributed by atoms with E-state index in [1.807, 2.05) is 20.8 Å². The second-order valence-electron chi connectivity index (χ2n) is 3.68. The third-order valence-electron chi connectivity index (χ3n) is 1.98. The minimum absolute atomic E-state index is 0.186. The third kappa shape index (κ3) is 2.67. The fraction of sp³-hybridized carbons (Fsp3) is 0.667. The minimum Gasteiger partial charge on any atom is -0.389 e. The van der Waals surface area contributed by atoms with Crippen LogP contribution in [-0.2, 0) is 11.2 Å². The Balaban J connectivity index is 2.79. The molecule has 0 aromatic carbocycles. The van der Waals surface area contributed by atoms with Crippen LogP contribution in [0.3, 0.4) is 0 Å². The molecule has 2 N–H and O–H groups in total. The monoisotopic (exact) mass is 200 g/mol. The molecule has 0 aliphatic heterocycles. The predicted molar refractivity (Wildman–Crippen MR) is 56.1 cm³/mol. The van der Waals surface area contributed by atoms with E-state index in [4.69, 9.17) is 10.5 Å². The predicted octanol–water partition coefficient (Wildman–Crippen LogP) is 2.00. The summed E-state index contributed by atoms with van der Waals surface area (Å²) in [5.41, 5.74) is 6.57. The Morgan fingerprint density at radius 1 is 1.54 bits per heavy atom. The summed E-state index contributed by atoms with van der Waals surface area (Å²) in [4.78, 5) is 4.36. The molecule has 1 rings (SSSR count). The van der Waals surface area contributed by atoms with E-state index in [0.29, 0.717) is 0 Å².